The number of rotatable bonds is 5. The Kier molecular flexibility index (Phi) is 4.73. The second kappa shape index (κ2) is 6.17. The Morgan fingerprint density at radius 1 is 1.57 bits per heavy atom. The van der Waals surface area contributed by atoms with Gasteiger partial charge in [0.15, 0.2) is 5.82 Å². The SMILES string of the molecule is CC#CCCn1cnc(CNCC)n1. The summed E-state index contributed by atoms with van der Waals surface area (Å²) in [6, 6.07) is 0. The number of aromatic nitrogens is 3. The number of hydrogen-bond acceptors (Lipinski definition) is 3. The van der Waals surface area contributed by atoms with Crippen LogP contribution >= 0.6 is 0 Å². The topological polar surface area (TPSA) is 42.7 Å². The quantitative estimate of drug-likeness (QED) is 0.702. The summed E-state index contributed by atoms with van der Waals surface area (Å²) >= 11 is 0. The van der Waals surface area contributed by atoms with Crippen molar-refractivity contribution in [1.29, 1.82) is 0 Å². The van der Waals surface area contributed by atoms with Crippen LogP contribution in [0.4, 0.5) is 0 Å². The Morgan fingerprint density at radius 3 is 3.14 bits per heavy atom. The third-order valence-corrected chi connectivity index (χ3v) is 1.76. The van der Waals surface area contributed by atoms with Gasteiger partial charge < -0.3 is 5.32 Å². The molecule has 0 aliphatic heterocycles. The first-order valence-electron chi connectivity index (χ1n) is 4.85. The van der Waals surface area contributed by atoms with Crippen molar-refractivity contribution in [2.24, 2.45) is 0 Å². The maximum Gasteiger partial charge on any atom is 0.164 e. The molecule has 0 aromatic carbocycles. The molecule has 0 aliphatic carbocycles. The van der Waals surface area contributed by atoms with E-state index in [1.165, 1.54) is 0 Å². The van der Waals surface area contributed by atoms with Gasteiger partial charge in [-0.05, 0) is 13.5 Å². The molecule has 0 bridgehead atoms. The maximum atomic E-state index is 4.29. The summed E-state index contributed by atoms with van der Waals surface area (Å²) < 4.78 is 1.83. The van der Waals surface area contributed by atoms with Gasteiger partial charge in [0.25, 0.3) is 0 Å². The first kappa shape index (κ1) is 10.7. The van der Waals surface area contributed by atoms with E-state index in [1.807, 2.05) is 11.6 Å². The lowest BCUT2D eigenvalue weighted by atomic mass is 10.4. The first-order valence-corrected chi connectivity index (χ1v) is 4.85. The minimum Gasteiger partial charge on any atom is -0.310 e. The lowest BCUT2D eigenvalue weighted by Gasteiger charge is -1.95. The van der Waals surface area contributed by atoms with Crippen LogP contribution in [-0.4, -0.2) is 21.3 Å². The maximum absolute atomic E-state index is 4.29. The molecule has 0 fully saturated rings. The van der Waals surface area contributed by atoms with Crippen molar-refractivity contribution in [1.82, 2.24) is 20.1 Å². The highest BCUT2D eigenvalue weighted by molar-refractivity contribution is 4.94. The fourth-order valence-corrected chi connectivity index (χ4v) is 1.05. The molecule has 1 heterocycles. The van der Waals surface area contributed by atoms with E-state index < -0.39 is 0 Å². The zero-order chi connectivity index (χ0) is 10.2. The van der Waals surface area contributed by atoms with Gasteiger partial charge in [-0.15, -0.1) is 11.8 Å². The van der Waals surface area contributed by atoms with Crippen LogP contribution in [0.5, 0.6) is 0 Å². The normalized spacial score (nSPS) is 9.57. The molecule has 4 heteroatoms. The van der Waals surface area contributed by atoms with E-state index in [1.54, 1.807) is 6.33 Å². The molecule has 0 amide bonds. The molecule has 0 saturated heterocycles. The van der Waals surface area contributed by atoms with Crippen molar-refractivity contribution in [2.45, 2.75) is 33.4 Å². The van der Waals surface area contributed by atoms with Gasteiger partial charge >= 0.3 is 0 Å². The van der Waals surface area contributed by atoms with Crippen LogP contribution in [0.2, 0.25) is 0 Å². The number of nitrogens with zero attached hydrogens (tertiary/aromatic N) is 3. The molecule has 4 nitrogen and oxygen atoms in total. The van der Waals surface area contributed by atoms with E-state index in [0.717, 1.165) is 31.9 Å². The zero-order valence-electron chi connectivity index (χ0n) is 8.75. The minimum absolute atomic E-state index is 0.739. The van der Waals surface area contributed by atoms with Crippen molar-refractivity contribution in [3.63, 3.8) is 0 Å². The van der Waals surface area contributed by atoms with Gasteiger partial charge in [0.1, 0.15) is 6.33 Å². The predicted molar refractivity (Wildman–Crippen MR) is 55.5 cm³/mol. The molecule has 0 atom stereocenters. The van der Waals surface area contributed by atoms with Crippen LogP contribution in [0, 0.1) is 11.8 Å². The lowest BCUT2D eigenvalue weighted by Crippen LogP contribution is -2.13. The molecule has 14 heavy (non-hydrogen) atoms. The number of aryl methyl sites for hydroxylation is 1. The van der Waals surface area contributed by atoms with Crippen LogP contribution in [-0.2, 0) is 13.1 Å². The zero-order valence-corrected chi connectivity index (χ0v) is 8.75. The molecular weight excluding hydrogens is 176 g/mol. The second-order valence-corrected chi connectivity index (χ2v) is 2.88. The van der Waals surface area contributed by atoms with Crippen molar-refractivity contribution < 1.29 is 0 Å². The van der Waals surface area contributed by atoms with E-state index in [0.29, 0.717) is 0 Å². The van der Waals surface area contributed by atoms with E-state index in [2.05, 4.69) is 34.2 Å². The highest BCUT2D eigenvalue weighted by atomic mass is 15.3. The molecule has 0 unspecified atom stereocenters. The summed E-state index contributed by atoms with van der Waals surface area (Å²) in [5, 5.41) is 7.47. The molecule has 1 aromatic heterocycles. The number of hydrogen-bond donors (Lipinski definition) is 1. The predicted octanol–water partition coefficient (Wildman–Crippen LogP) is 0.801. The fourth-order valence-electron chi connectivity index (χ4n) is 1.05. The smallest absolute Gasteiger partial charge is 0.164 e. The molecule has 1 N–H and O–H groups in total. The van der Waals surface area contributed by atoms with Crippen molar-refractivity contribution in [2.75, 3.05) is 6.54 Å². The van der Waals surface area contributed by atoms with Gasteiger partial charge in [-0.3, -0.25) is 4.68 Å². The largest absolute Gasteiger partial charge is 0.310 e. The van der Waals surface area contributed by atoms with Crippen LogP contribution in [0.15, 0.2) is 6.33 Å². The van der Waals surface area contributed by atoms with Crippen molar-refractivity contribution in [3.8, 4) is 11.8 Å². The second-order valence-electron chi connectivity index (χ2n) is 2.88. The summed E-state index contributed by atoms with van der Waals surface area (Å²) in [4.78, 5) is 4.17. The molecule has 1 rings (SSSR count). The number of nitrogens with one attached hydrogen (secondary N) is 1. The highest BCUT2D eigenvalue weighted by Crippen LogP contribution is 1.91. The first-order chi connectivity index (χ1) is 6.86. The molecule has 1 aromatic rings. The Balaban J connectivity index is 2.37. The standard InChI is InChI=1S/C10H16N4/c1-3-5-6-7-14-9-12-10(13-14)8-11-4-2/h9,11H,4,6-8H2,1-2H3. The minimum atomic E-state index is 0.739. The van der Waals surface area contributed by atoms with Crippen LogP contribution in [0.3, 0.4) is 0 Å². The Labute approximate surface area is 84.7 Å². The van der Waals surface area contributed by atoms with E-state index in [4.69, 9.17) is 0 Å². The van der Waals surface area contributed by atoms with Gasteiger partial charge in [0, 0.05) is 6.42 Å². The lowest BCUT2D eigenvalue weighted by molar-refractivity contribution is 0.606. The monoisotopic (exact) mass is 192 g/mol. The molecule has 76 valence electrons. The van der Waals surface area contributed by atoms with Crippen LogP contribution in [0.1, 0.15) is 26.1 Å². The summed E-state index contributed by atoms with van der Waals surface area (Å²) in [6.45, 7) is 6.41. The van der Waals surface area contributed by atoms with E-state index >= 15 is 0 Å². The Morgan fingerprint density at radius 2 is 2.43 bits per heavy atom. The molecule has 0 radical (unpaired) electrons. The summed E-state index contributed by atoms with van der Waals surface area (Å²) in [5.74, 6) is 6.69. The third-order valence-electron chi connectivity index (χ3n) is 1.76. The molecular formula is C10H16N4. The van der Waals surface area contributed by atoms with Gasteiger partial charge in [-0.25, -0.2) is 4.98 Å². The van der Waals surface area contributed by atoms with Gasteiger partial charge in [-0.2, -0.15) is 5.10 Å². The third kappa shape index (κ3) is 3.58. The van der Waals surface area contributed by atoms with Crippen molar-refractivity contribution in [3.05, 3.63) is 12.2 Å². The highest BCUT2D eigenvalue weighted by Gasteiger charge is 1.98. The molecule has 0 spiro atoms. The fraction of sp³-hybridized carbons (Fsp3) is 0.600. The molecule has 0 saturated carbocycles. The van der Waals surface area contributed by atoms with E-state index in [-0.39, 0.29) is 0 Å². The summed E-state index contributed by atoms with van der Waals surface area (Å²) in [5.41, 5.74) is 0. The van der Waals surface area contributed by atoms with E-state index in [9.17, 15) is 0 Å². The van der Waals surface area contributed by atoms with Gasteiger partial charge in [0.05, 0.1) is 13.1 Å². The van der Waals surface area contributed by atoms with Crippen LogP contribution < -0.4 is 5.32 Å². The van der Waals surface area contributed by atoms with Gasteiger partial charge in [-0.1, -0.05) is 6.92 Å². The average molecular weight is 192 g/mol. The Bertz CT molecular complexity index is 318. The average Bonchev–Trinajstić information content (AvgIpc) is 2.63. The van der Waals surface area contributed by atoms with Gasteiger partial charge in [0.2, 0.25) is 0 Å². The summed E-state index contributed by atoms with van der Waals surface area (Å²) in [7, 11) is 0. The Hall–Kier alpha value is -1.34. The summed E-state index contributed by atoms with van der Waals surface area (Å²) in [6.07, 6.45) is 2.59. The van der Waals surface area contributed by atoms with Crippen LogP contribution in [0.25, 0.3) is 0 Å². The molecule has 0 aliphatic rings. The van der Waals surface area contributed by atoms with Crippen molar-refractivity contribution >= 4 is 0 Å².